The summed E-state index contributed by atoms with van der Waals surface area (Å²) in [6.45, 7) is 5.17. The first kappa shape index (κ1) is 17.9. The molecule has 1 heterocycles. The van der Waals surface area contributed by atoms with E-state index in [1.807, 2.05) is 0 Å². The van der Waals surface area contributed by atoms with Crippen molar-refractivity contribution in [3.05, 3.63) is 16.0 Å². The molecule has 0 aliphatic heterocycles. The Kier molecular flexibility index (Phi) is 4.86. The molecule has 1 aromatic rings. The van der Waals surface area contributed by atoms with Crippen LogP contribution in [0.1, 0.15) is 65.1 Å². The van der Waals surface area contributed by atoms with Crippen molar-refractivity contribution >= 4 is 34.1 Å². The Hall–Kier alpha value is -1.89. The fourth-order valence-corrected chi connectivity index (χ4v) is 5.23. The summed E-state index contributed by atoms with van der Waals surface area (Å²) in [5.41, 5.74) is 6.15. The van der Waals surface area contributed by atoms with Gasteiger partial charge in [0.05, 0.1) is 11.7 Å². The average molecular weight is 364 g/mol. The normalized spacial score (nSPS) is 24.6. The minimum atomic E-state index is -0.652. The highest BCUT2D eigenvalue weighted by molar-refractivity contribution is 7.18. The third kappa shape index (κ3) is 3.42. The third-order valence-corrected chi connectivity index (χ3v) is 6.42. The SMILES string of the molecule is Cc1c(C(=O)OC(C)C)sc(NC(=O)[C@@H]2C[C@@H]3CC[C@@H]2C3)c1C(N)=O. The molecule has 1 aromatic heterocycles. The zero-order chi connectivity index (χ0) is 18.3. The van der Waals surface area contributed by atoms with Crippen LogP contribution in [0.3, 0.4) is 0 Å². The molecular weight excluding hydrogens is 340 g/mol. The first-order chi connectivity index (χ1) is 11.8. The molecular formula is C18H24N2O4S. The summed E-state index contributed by atoms with van der Waals surface area (Å²) >= 11 is 1.06. The summed E-state index contributed by atoms with van der Waals surface area (Å²) in [4.78, 5) is 37.1. The van der Waals surface area contributed by atoms with Gasteiger partial charge in [-0.3, -0.25) is 9.59 Å². The topological polar surface area (TPSA) is 98.5 Å². The van der Waals surface area contributed by atoms with Crippen LogP contribution in [-0.4, -0.2) is 23.9 Å². The van der Waals surface area contributed by atoms with Gasteiger partial charge in [0.2, 0.25) is 5.91 Å². The number of ether oxygens (including phenoxy) is 1. The maximum Gasteiger partial charge on any atom is 0.348 e. The lowest BCUT2D eigenvalue weighted by atomic mass is 9.88. The molecule has 0 saturated heterocycles. The number of nitrogens with one attached hydrogen (secondary N) is 1. The van der Waals surface area contributed by atoms with Gasteiger partial charge in [0.1, 0.15) is 9.88 Å². The molecule has 2 bridgehead atoms. The van der Waals surface area contributed by atoms with Crippen molar-refractivity contribution in [3.8, 4) is 0 Å². The van der Waals surface area contributed by atoms with E-state index in [1.54, 1.807) is 20.8 Å². The molecule has 3 atom stereocenters. The predicted octanol–water partition coefficient (Wildman–Crippen LogP) is 3.10. The largest absolute Gasteiger partial charge is 0.459 e. The van der Waals surface area contributed by atoms with Crippen molar-refractivity contribution in [2.45, 2.75) is 52.6 Å². The van der Waals surface area contributed by atoms with E-state index in [0.29, 0.717) is 27.3 Å². The van der Waals surface area contributed by atoms with E-state index in [2.05, 4.69) is 5.32 Å². The van der Waals surface area contributed by atoms with E-state index in [-0.39, 0.29) is 23.5 Å². The van der Waals surface area contributed by atoms with Crippen LogP contribution in [0, 0.1) is 24.7 Å². The molecule has 2 saturated carbocycles. The molecule has 0 spiro atoms. The summed E-state index contributed by atoms with van der Waals surface area (Å²) in [5.74, 6) is -0.139. The number of amides is 2. The molecule has 136 valence electrons. The van der Waals surface area contributed by atoms with E-state index in [9.17, 15) is 14.4 Å². The molecule has 0 aromatic carbocycles. The lowest BCUT2D eigenvalue weighted by molar-refractivity contribution is -0.121. The van der Waals surface area contributed by atoms with E-state index in [0.717, 1.165) is 30.6 Å². The second-order valence-electron chi connectivity index (χ2n) is 7.35. The predicted molar refractivity (Wildman–Crippen MR) is 95.7 cm³/mol. The Labute approximate surface area is 151 Å². The van der Waals surface area contributed by atoms with Crippen molar-refractivity contribution in [2.24, 2.45) is 23.5 Å². The van der Waals surface area contributed by atoms with Crippen LogP contribution >= 0.6 is 11.3 Å². The lowest BCUT2D eigenvalue weighted by Crippen LogP contribution is -2.27. The Morgan fingerprint density at radius 1 is 1.24 bits per heavy atom. The van der Waals surface area contributed by atoms with Gasteiger partial charge < -0.3 is 15.8 Å². The Morgan fingerprint density at radius 2 is 1.96 bits per heavy atom. The van der Waals surface area contributed by atoms with Crippen molar-refractivity contribution in [2.75, 3.05) is 5.32 Å². The number of hydrogen-bond acceptors (Lipinski definition) is 5. The number of anilines is 1. The molecule has 3 rings (SSSR count). The molecule has 3 N–H and O–H groups in total. The lowest BCUT2D eigenvalue weighted by Gasteiger charge is -2.20. The minimum Gasteiger partial charge on any atom is -0.459 e. The monoisotopic (exact) mass is 364 g/mol. The fourth-order valence-electron chi connectivity index (χ4n) is 4.13. The van der Waals surface area contributed by atoms with E-state index >= 15 is 0 Å². The van der Waals surface area contributed by atoms with Gasteiger partial charge in [0, 0.05) is 5.92 Å². The molecule has 2 amide bonds. The van der Waals surface area contributed by atoms with E-state index < -0.39 is 11.9 Å². The smallest absolute Gasteiger partial charge is 0.348 e. The molecule has 7 heteroatoms. The van der Waals surface area contributed by atoms with Crippen LogP contribution in [0.4, 0.5) is 5.00 Å². The quantitative estimate of drug-likeness (QED) is 0.784. The number of esters is 1. The van der Waals surface area contributed by atoms with Crippen molar-refractivity contribution < 1.29 is 19.1 Å². The van der Waals surface area contributed by atoms with Crippen LogP contribution in [0.15, 0.2) is 0 Å². The summed E-state index contributed by atoms with van der Waals surface area (Å²) in [6, 6.07) is 0. The molecule has 6 nitrogen and oxygen atoms in total. The van der Waals surface area contributed by atoms with Crippen LogP contribution in [-0.2, 0) is 9.53 Å². The maximum absolute atomic E-state index is 12.7. The fraction of sp³-hybridized carbons (Fsp3) is 0.611. The number of carbonyl (C=O) groups is 3. The maximum atomic E-state index is 12.7. The van der Waals surface area contributed by atoms with Crippen LogP contribution in [0.25, 0.3) is 0 Å². The molecule has 2 aliphatic rings. The number of hydrogen-bond donors (Lipinski definition) is 2. The number of fused-ring (bicyclic) bond motifs is 2. The molecule has 0 unspecified atom stereocenters. The standard InChI is InChI=1S/C18H24N2O4S/c1-8(2)24-18(23)14-9(3)13(15(19)21)17(25-14)20-16(22)12-7-10-4-5-11(12)6-10/h8,10-12H,4-7H2,1-3H3,(H2,19,21)(H,20,22)/t10-,11-,12-/m1/s1. The van der Waals surface area contributed by atoms with Crippen molar-refractivity contribution in [3.63, 3.8) is 0 Å². The van der Waals surface area contributed by atoms with Gasteiger partial charge >= 0.3 is 5.97 Å². The molecule has 2 fully saturated rings. The number of carbonyl (C=O) groups excluding carboxylic acids is 3. The Morgan fingerprint density at radius 3 is 2.48 bits per heavy atom. The second kappa shape index (κ2) is 6.78. The molecule has 0 radical (unpaired) electrons. The minimum absolute atomic E-state index is 0.00653. The summed E-state index contributed by atoms with van der Waals surface area (Å²) in [7, 11) is 0. The third-order valence-electron chi connectivity index (χ3n) is 5.23. The van der Waals surface area contributed by atoms with Gasteiger partial charge in [-0.1, -0.05) is 6.42 Å². The Bertz CT molecular complexity index is 725. The van der Waals surface area contributed by atoms with Crippen molar-refractivity contribution in [1.29, 1.82) is 0 Å². The van der Waals surface area contributed by atoms with Gasteiger partial charge in [-0.2, -0.15) is 0 Å². The zero-order valence-electron chi connectivity index (χ0n) is 14.8. The summed E-state index contributed by atoms with van der Waals surface area (Å²) in [6.07, 6.45) is 4.08. The van der Waals surface area contributed by atoms with Gasteiger partial charge in [0.15, 0.2) is 0 Å². The van der Waals surface area contributed by atoms with E-state index in [4.69, 9.17) is 10.5 Å². The first-order valence-electron chi connectivity index (χ1n) is 8.73. The summed E-state index contributed by atoms with van der Waals surface area (Å²) < 4.78 is 5.22. The first-order valence-corrected chi connectivity index (χ1v) is 9.54. The van der Waals surface area contributed by atoms with Crippen LogP contribution in [0.5, 0.6) is 0 Å². The Balaban J connectivity index is 1.83. The second-order valence-corrected chi connectivity index (χ2v) is 8.37. The highest BCUT2D eigenvalue weighted by atomic mass is 32.1. The summed E-state index contributed by atoms with van der Waals surface area (Å²) in [5, 5.41) is 3.21. The van der Waals surface area contributed by atoms with Gasteiger partial charge in [-0.25, -0.2) is 4.79 Å². The number of rotatable bonds is 5. The molecule has 25 heavy (non-hydrogen) atoms. The zero-order valence-corrected chi connectivity index (χ0v) is 15.6. The number of nitrogens with two attached hydrogens (primary N) is 1. The number of primary amides is 1. The van der Waals surface area contributed by atoms with Crippen LogP contribution < -0.4 is 11.1 Å². The average Bonchev–Trinajstić information content (AvgIpc) is 3.20. The van der Waals surface area contributed by atoms with Crippen LogP contribution in [0.2, 0.25) is 0 Å². The molecule has 2 aliphatic carbocycles. The van der Waals surface area contributed by atoms with Crippen molar-refractivity contribution in [1.82, 2.24) is 0 Å². The van der Waals surface area contributed by atoms with Gasteiger partial charge in [0.25, 0.3) is 5.91 Å². The highest BCUT2D eigenvalue weighted by Gasteiger charge is 2.43. The number of thiophene rings is 1. The highest BCUT2D eigenvalue weighted by Crippen LogP contribution is 2.49. The van der Waals surface area contributed by atoms with Gasteiger partial charge in [-0.15, -0.1) is 11.3 Å². The van der Waals surface area contributed by atoms with Gasteiger partial charge in [-0.05, 0) is 57.4 Å². The van der Waals surface area contributed by atoms with E-state index in [1.165, 1.54) is 6.42 Å².